The third-order valence-electron chi connectivity index (χ3n) is 4.12. The van der Waals surface area contributed by atoms with Crippen LogP contribution in [-0.2, 0) is 0 Å². The van der Waals surface area contributed by atoms with E-state index in [2.05, 4.69) is 20.1 Å². The van der Waals surface area contributed by atoms with Crippen molar-refractivity contribution in [2.75, 3.05) is 12.3 Å². The highest BCUT2D eigenvalue weighted by molar-refractivity contribution is 7.99. The molecule has 98 valence electrons. The van der Waals surface area contributed by atoms with Gasteiger partial charge in [-0.3, -0.25) is 0 Å². The van der Waals surface area contributed by atoms with E-state index in [0.29, 0.717) is 6.04 Å². The third kappa shape index (κ3) is 2.18. The fourth-order valence-electron chi connectivity index (χ4n) is 2.76. The first-order valence-electron chi connectivity index (χ1n) is 7.23. The molecule has 18 heavy (non-hydrogen) atoms. The van der Waals surface area contributed by atoms with E-state index in [4.69, 9.17) is 0 Å². The summed E-state index contributed by atoms with van der Waals surface area (Å²) in [6.07, 6.45) is 7.94. The maximum atomic E-state index is 4.46. The molecule has 0 bridgehead atoms. The predicted octanol–water partition coefficient (Wildman–Crippen LogP) is 2.33. The summed E-state index contributed by atoms with van der Waals surface area (Å²) in [7, 11) is 0. The summed E-state index contributed by atoms with van der Waals surface area (Å²) in [5.41, 5.74) is 0. The highest BCUT2D eigenvalue weighted by Gasteiger charge is 2.36. The molecule has 1 aromatic rings. The molecular formula is C13H20N4S. The molecule has 4 rings (SSSR count). The predicted molar refractivity (Wildman–Crippen MR) is 72.0 cm³/mol. The second-order valence-corrected chi connectivity index (χ2v) is 6.81. The lowest BCUT2D eigenvalue weighted by atomic mass is 10.3. The zero-order chi connectivity index (χ0) is 11.9. The molecule has 1 aliphatic heterocycles. The van der Waals surface area contributed by atoms with Gasteiger partial charge in [0.05, 0.1) is 0 Å². The molecule has 0 aromatic carbocycles. The summed E-state index contributed by atoms with van der Waals surface area (Å²) in [6.45, 7) is 1.19. The highest BCUT2D eigenvalue weighted by atomic mass is 32.2. The third-order valence-corrected chi connectivity index (χ3v) is 5.23. The van der Waals surface area contributed by atoms with Gasteiger partial charge in [0.1, 0.15) is 5.82 Å². The Morgan fingerprint density at radius 1 is 1.17 bits per heavy atom. The Morgan fingerprint density at radius 2 is 2.06 bits per heavy atom. The number of hydrogen-bond acceptors (Lipinski definition) is 4. The molecule has 1 atom stereocenters. The summed E-state index contributed by atoms with van der Waals surface area (Å²) < 4.78 is 2.46. The molecule has 0 amide bonds. The topological polar surface area (TPSA) is 42.7 Å². The van der Waals surface area contributed by atoms with Crippen molar-refractivity contribution in [2.45, 2.75) is 61.7 Å². The molecule has 1 N–H and O–H groups in total. The Hall–Kier alpha value is -0.550. The van der Waals surface area contributed by atoms with Gasteiger partial charge in [-0.05, 0) is 45.1 Å². The quantitative estimate of drug-likeness (QED) is 0.829. The first-order chi connectivity index (χ1) is 8.92. The fraction of sp³-hybridized carbons (Fsp3) is 0.846. The minimum Gasteiger partial charge on any atom is -0.313 e. The standard InChI is InChI=1S/C13H20N4S/c1-2-10(14-7-1)8-18-13-16-15-12(9-3-4-9)17(13)11-5-6-11/h9-11,14H,1-8H2/t10-/m1/s1. The molecule has 1 saturated heterocycles. The Balaban J connectivity index is 1.48. The van der Waals surface area contributed by atoms with Crippen molar-refractivity contribution in [2.24, 2.45) is 0 Å². The van der Waals surface area contributed by atoms with E-state index in [1.807, 2.05) is 11.8 Å². The van der Waals surface area contributed by atoms with Crippen molar-refractivity contribution in [1.29, 1.82) is 0 Å². The van der Waals surface area contributed by atoms with Crippen molar-refractivity contribution in [1.82, 2.24) is 20.1 Å². The maximum Gasteiger partial charge on any atom is 0.191 e. The van der Waals surface area contributed by atoms with Crippen LogP contribution < -0.4 is 5.32 Å². The van der Waals surface area contributed by atoms with Gasteiger partial charge in [0.15, 0.2) is 5.16 Å². The molecular weight excluding hydrogens is 244 g/mol. The number of nitrogens with one attached hydrogen (secondary N) is 1. The Kier molecular flexibility index (Phi) is 2.84. The molecule has 4 nitrogen and oxygen atoms in total. The Bertz CT molecular complexity index is 430. The van der Waals surface area contributed by atoms with Gasteiger partial charge in [0.2, 0.25) is 0 Å². The summed E-state index contributed by atoms with van der Waals surface area (Å²) >= 11 is 1.91. The minimum atomic E-state index is 0.684. The summed E-state index contributed by atoms with van der Waals surface area (Å²) in [5, 5.41) is 13.6. The number of nitrogens with zero attached hydrogens (tertiary/aromatic N) is 3. The van der Waals surface area contributed by atoms with Crippen LogP contribution in [0.25, 0.3) is 0 Å². The van der Waals surface area contributed by atoms with Crippen LogP contribution in [-0.4, -0.2) is 33.1 Å². The second kappa shape index (κ2) is 4.53. The van der Waals surface area contributed by atoms with Gasteiger partial charge in [-0.2, -0.15) is 0 Å². The van der Waals surface area contributed by atoms with Crippen LogP contribution in [0.2, 0.25) is 0 Å². The lowest BCUT2D eigenvalue weighted by Crippen LogP contribution is -2.23. The normalized spacial score (nSPS) is 27.9. The SMILES string of the molecule is C1CN[C@@H](CSc2nnc(C3CC3)n2C2CC2)C1. The van der Waals surface area contributed by atoms with Crippen LogP contribution in [0.3, 0.4) is 0 Å². The highest BCUT2D eigenvalue weighted by Crippen LogP contribution is 2.46. The summed E-state index contributed by atoms with van der Waals surface area (Å²) in [4.78, 5) is 0. The Labute approximate surface area is 112 Å². The van der Waals surface area contributed by atoms with Gasteiger partial charge in [-0.15, -0.1) is 10.2 Å². The van der Waals surface area contributed by atoms with Crippen molar-refractivity contribution in [3.05, 3.63) is 5.82 Å². The van der Waals surface area contributed by atoms with E-state index in [1.165, 1.54) is 56.1 Å². The van der Waals surface area contributed by atoms with E-state index in [-0.39, 0.29) is 0 Å². The Morgan fingerprint density at radius 3 is 2.72 bits per heavy atom. The molecule has 2 saturated carbocycles. The summed E-state index contributed by atoms with van der Waals surface area (Å²) in [5.74, 6) is 3.15. The average Bonchev–Trinajstić information content (AvgIpc) is 3.31. The molecule has 0 unspecified atom stereocenters. The van der Waals surface area contributed by atoms with Gasteiger partial charge in [-0.25, -0.2) is 0 Å². The van der Waals surface area contributed by atoms with Crippen LogP contribution in [0.1, 0.15) is 56.3 Å². The van der Waals surface area contributed by atoms with Crippen LogP contribution in [0.5, 0.6) is 0 Å². The number of aromatic nitrogens is 3. The van der Waals surface area contributed by atoms with E-state index < -0.39 is 0 Å². The molecule has 5 heteroatoms. The minimum absolute atomic E-state index is 0.684. The van der Waals surface area contributed by atoms with Gasteiger partial charge in [-0.1, -0.05) is 11.8 Å². The zero-order valence-corrected chi connectivity index (χ0v) is 11.5. The smallest absolute Gasteiger partial charge is 0.191 e. The number of hydrogen-bond donors (Lipinski definition) is 1. The van der Waals surface area contributed by atoms with E-state index in [1.54, 1.807) is 0 Å². The second-order valence-electron chi connectivity index (χ2n) is 5.82. The zero-order valence-electron chi connectivity index (χ0n) is 10.6. The van der Waals surface area contributed by atoms with E-state index in [9.17, 15) is 0 Å². The maximum absolute atomic E-state index is 4.46. The van der Waals surface area contributed by atoms with Gasteiger partial charge in [0.25, 0.3) is 0 Å². The molecule has 2 aliphatic carbocycles. The first-order valence-corrected chi connectivity index (χ1v) is 8.21. The van der Waals surface area contributed by atoms with Crippen molar-refractivity contribution >= 4 is 11.8 Å². The monoisotopic (exact) mass is 264 g/mol. The van der Waals surface area contributed by atoms with Crippen molar-refractivity contribution in [3.8, 4) is 0 Å². The van der Waals surface area contributed by atoms with Gasteiger partial charge in [0, 0.05) is 23.8 Å². The van der Waals surface area contributed by atoms with E-state index in [0.717, 1.165) is 17.7 Å². The molecule has 0 spiro atoms. The van der Waals surface area contributed by atoms with Crippen LogP contribution in [0.15, 0.2) is 5.16 Å². The summed E-state index contributed by atoms with van der Waals surface area (Å²) in [6, 6.07) is 1.40. The van der Waals surface area contributed by atoms with Gasteiger partial charge >= 0.3 is 0 Å². The molecule has 0 radical (unpaired) electrons. The number of rotatable bonds is 5. The molecule has 2 heterocycles. The molecule has 1 aromatic heterocycles. The number of thioether (sulfide) groups is 1. The van der Waals surface area contributed by atoms with Crippen LogP contribution in [0, 0.1) is 0 Å². The van der Waals surface area contributed by atoms with Crippen molar-refractivity contribution in [3.63, 3.8) is 0 Å². The van der Waals surface area contributed by atoms with Crippen LogP contribution in [0.4, 0.5) is 0 Å². The van der Waals surface area contributed by atoms with Crippen LogP contribution >= 0.6 is 11.8 Å². The van der Waals surface area contributed by atoms with Gasteiger partial charge < -0.3 is 9.88 Å². The lowest BCUT2D eigenvalue weighted by Gasteiger charge is -2.11. The lowest BCUT2D eigenvalue weighted by molar-refractivity contribution is 0.623. The largest absolute Gasteiger partial charge is 0.313 e. The molecule has 3 aliphatic rings. The van der Waals surface area contributed by atoms with E-state index >= 15 is 0 Å². The van der Waals surface area contributed by atoms with Crippen molar-refractivity contribution < 1.29 is 0 Å². The first kappa shape index (κ1) is 11.3. The fourth-order valence-corrected chi connectivity index (χ4v) is 3.87. The molecule has 3 fully saturated rings. The average molecular weight is 264 g/mol.